The van der Waals surface area contributed by atoms with Gasteiger partial charge in [0.2, 0.25) is 0 Å². The summed E-state index contributed by atoms with van der Waals surface area (Å²) in [4.78, 5) is 11.1. The van der Waals surface area contributed by atoms with Crippen LogP contribution in [0.4, 0.5) is 0 Å². The van der Waals surface area contributed by atoms with E-state index in [0.717, 1.165) is 25.9 Å². The number of rotatable bonds is 2. The third-order valence-corrected chi connectivity index (χ3v) is 2.01. The van der Waals surface area contributed by atoms with Gasteiger partial charge in [0.05, 0.1) is 13.1 Å². The monoisotopic (exact) mass is 170 g/mol. The zero-order valence-electron chi connectivity index (χ0n) is 7.51. The van der Waals surface area contributed by atoms with E-state index in [0.29, 0.717) is 5.57 Å². The molecule has 0 aromatic heterocycles. The van der Waals surface area contributed by atoms with Crippen LogP contribution >= 0.6 is 0 Å². The van der Waals surface area contributed by atoms with Gasteiger partial charge < -0.3 is 10.1 Å². The van der Waals surface area contributed by atoms with E-state index in [1.807, 2.05) is 0 Å². The van der Waals surface area contributed by atoms with E-state index < -0.39 is 0 Å². The molecule has 1 aliphatic rings. The first-order chi connectivity index (χ1) is 5.70. The highest BCUT2D eigenvalue weighted by atomic mass is 16.5. The predicted octanol–water partition coefficient (Wildman–Crippen LogP) is -0.168. The van der Waals surface area contributed by atoms with Crippen molar-refractivity contribution < 1.29 is 14.8 Å². The molecule has 1 aliphatic heterocycles. The zero-order chi connectivity index (χ0) is 8.97. The number of nitrogens with two attached hydrogens (primary N) is 1. The van der Waals surface area contributed by atoms with E-state index in [9.17, 15) is 4.79 Å². The molecule has 3 nitrogen and oxygen atoms in total. The van der Waals surface area contributed by atoms with Crippen molar-refractivity contribution in [2.24, 2.45) is 0 Å². The molecule has 3 heteroatoms. The van der Waals surface area contributed by atoms with Gasteiger partial charge >= 0.3 is 5.97 Å². The largest absolute Gasteiger partial charge is 0.459 e. The number of carbonyl (C=O) groups is 1. The topological polar surface area (TPSA) is 42.9 Å². The van der Waals surface area contributed by atoms with E-state index in [2.05, 4.69) is 11.9 Å². The summed E-state index contributed by atoms with van der Waals surface area (Å²) in [5, 5.41) is 2.24. The second-order valence-corrected chi connectivity index (χ2v) is 3.25. The number of carbonyl (C=O) groups excluding carboxylic acids is 1. The molecule has 1 rings (SSSR count). The van der Waals surface area contributed by atoms with Gasteiger partial charge in [0, 0.05) is 18.4 Å². The van der Waals surface area contributed by atoms with Crippen molar-refractivity contribution in [2.75, 3.05) is 13.1 Å². The Labute approximate surface area is 72.8 Å². The molecule has 0 bridgehead atoms. The summed E-state index contributed by atoms with van der Waals surface area (Å²) in [6.45, 7) is 7.34. The molecule has 2 N–H and O–H groups in total. The minimum atomic E-state index is -0.248. The molecule has 1 heterocycles. The van der Waals surface area contributed by atoms with Crippen LogP contribution in [0.15, 0.2) is 12.2 Å². The Morgan fingerprint density at radius 2 is 2.08 bits per heavy atom. The van der Waals surface area contributed by atoms with Crippen LogP contribution in [-0.2, 0) is 9.53 Å². The Balaban J connectivity index is 2.29. The summed E-state index contributed by atoms with van der Waals surface area (Å²) in [7, 11) is 0. The second kappa shape index (κ2) is 4.26. The van der Waals surface area contributed by atoms with Crippen LogP contribution in [0.3, 0.4) is 0 Å². The lowest BCUT2D eigenvalue weighted by molar-refractivity contribution is -0.664. The molecule has 0 atom stereocenters. The van der Waals surface area contributed by atoms with E-state index in [4.69, 9.17) is 4.74 Å². The highest BCUT2D eigenvalue weighted by Crippen LogP contribution is 2.06. The lowest BCUT2D eigenvalue weighted by Gasteiger charge is -2.20. The van der Waals surface area contributed by atoms with E-state index in [1.54, 1.807) is 6.92 Å². The molecule has 0 unspecified atom stereocenters. The van der Waals surface area contributed by atoms with Crippen molar-refractivity contribution in [1.29, 1.82) is 0 Å². The molecule has 12 heavy (non-hydrogen) atoms. The SMILES string of the molecule is C=C(C)C(=O)OC1CC[NH2+]CC1. The van der Waals surface area contributed by atoms with Crippen molar-refractivity contribution >= 4 is 5.97 Å². The lowest BCUT2D eigenvalue weighted by Crippen LogP contribution is -2.86. The average Bonchev–Trinajstić information content (AvgIpc) is 2.06. The van der Waals surface area contributed by atoms with Crippen LogP contribution < -0.4 is 5.32 Å². The van der Waals surface area contributed by atoms with Crippen molar-refractivity contribution in [2.45, 2.75) is 25.9 Å². The van der Waals surface area contributed by atoms with Crippen molar-refractivity contribution in [1.82, 2.24) is 0 Å². The summed E-state index contributed by atoms with van der Waals surface area (Å²) >= 11 is 0. The first kappa shape index (κ1) is 9.26. The van der Waals surface area contributed by atoms with Crippen LogP contribution in [0.1, 0.15) is 19.8 Å². The number of quaternary nitrogens is 1. The summed E-state index contributed by atoms with van der Waals surface area (Å²) in [5.74, 6) is -0.248. The van der Waals surface area contributed by atoms with Gasteiger partial charge in [-0.05, 0) is 6.92 Å². The molecule has 1 saturated heterocycles. The van der Waals surface area contributed by atoms with Crippen LogP contribution in [0.2, 0.25) is 0 Å². The standard InChI is InChI=1S/C9H15NO2/c1-7(2)9(11)12-8-3-5-10-6-4-8/h8,10H,1,3-6H2,2H3/p+1. The molecule has 68 valence electrons. The minimum Gasteiger partial charge on any atom is -0.459 e. The third kappa shape index (κ3) is 2.66. The summed E-state index contributed by atoms with van der Waals surface area (Å²) in [5.41, 5.74) is 0.490. The first-order valence-electron chi connectivity index (χ1n) is 4.38. The Hall–Kier alpha value is -0.830. The molecule has 0 amide bonds. The Bertz CT molecular complexity index is 183. The lowest BCUT2D eigenvalue weighted by atomic mass is 10.1. The minimum absolute atomic E-state index is 0.124. The molecule has 0 saturated carbocycles. The Morgan fingerprint density at radius 3 is 2.58 bits per heavy atom. The number of esters is 1. The van der Waals surface area contributed by atoms with E-state index >= 15 is 0 Å². The molecule has 1 fully saturated rings. The van der Waals surface area contributed by atoms with Crippen LogP contribution in [0.5, 0.6) is 0 Å². The fourth-order valence-corrected chi connectivity index (χ4v) is 1.27. The first-order valence-corrected chi connectivity index (χ1v) is 4.38. The van der Waals surface area contributed by atoms with Gasteiger partial charge in [-0.1, -0.05) is 6.58 Å². The number of hydrogen-bond acceptors (Lipinski definition) is 2. The summed E-state index contributed by atoms with van der Waals surface area (Å²) in [6.07, 6.45) is 2.07. The molecule has 0 aliphatic carbocycles. The second-order valence-electron chi connectivity index (χ2n) is 3.25. The highest BCUT2D eigenvalue weighted by Gasteiger charge is 2.19. The normalized spacial score (nSPS) is 18.8. The molecular formula is C9H16NO2+. The smallest absolute Gasteiger partial charge is 0.333 e. The van der Waals surface area contributed by atoms with Gasteiger partial charge in [-0.15, -0.1) is 0 Å². The van der Waals surface area contributed by atoms with Gasteiger partial charge in [-0.25, -0.2) is 4.79 Å². The van der Waals surface area contributed by atoms with E-state index in [1.165, 1.54) is 0 Å². The highest BCUT2D eigenvalue weighted by molar-refractivity contribution is 5.87. The third-order valence-electron chi connectivity index (χ3n) is 2.01. The van der Waals surface area contributed by atoms with Gasteiger partial charge in [0.25, 0.3) is 0 Å². The van der Waals surface area contributed by atoms with Crippen LogP contribution in [0.25, 0.3) is 0 Å². The molecule has 0 spiro atoms. The summed E-state index contributed by atoms with van der Waals surface area (Å²) < 4.78 is 5.19. The fourth-order valence-electron chi connectivity index (χ4n) is 1.27. The summed E-state index contributed by atoms with van der Waals surface area (Å²) in [6, 6.07) is 0. The van der Waals surface area contributed by atoms with Gasteiger partial charge in [-0.2, -0.15) is 0 Å². The predicted molar refractivity (Wildman–Crippen MR) is 45.6 cm³/mol. The Morgan fingerprint density at radius 1 is 1.50 bits per heavy atom. The maximum Gasteiger partial charge on any atom is 0.333 e. The van der Waals surface area contributed by atoms with Crippen LogP contribution in [-0.4, -0.2) is 25.2 Å². The quantitative estimate of drug-likeness (QED) is 0.462. The van der Waals surface area contributed by atoms with Gasteiger partial charge in [-0.3, -0.25) is 0 Å². The Kier molecular flexibility index (Phi) is 3.29. The van der Waals surface area contributed by atoms with Crippen molar-refractivity contribution in [3.63, 3.8) is 0 Å². The maximum absolute atomic E-state index is 11.1. The fraction of sp³-hybridized carbons (Fsp3) is 0.667. The van der Waals surface area contributed by atoms with Crippen molar-refractivity contribution in [3.05, 3.63) is 12.2 Å². The zero-order valence-corrected chi connectivity index (χ0v) is 7.51. The number of piperidine rings is 1. The molecular weight excluding hydrogens is 154 g/mol. The van der Waals surface area contributed by atoms with Gasteiger partial charge in [0.15, 0.2) is 0 Å². The molecule has 0 aromatic carbocycles. The number of ether oxygens (including phenoxy) is 1. The molecule has 0 radical (unpaired) electrons. The maximum atomic E-state index is 11.1. The van der Waals surface area contributed by atoms with Crippen LogP contribution in [0, 0.1) is 0 Å². The van der Waals surface area contributed by atoms with E-state index in [-0.39, 0.29) is 12.1 Å². The molecule has 0 aromatic rings. The number of hydrogen-bond donors (Lipinski definition) is 1. The van der Waals surface area contributed by atoms with Gasteiger partial charge in [0.1, 0.15) is 6.10 Å². The average molecular weight is 170 g/mol. The van der Waals surface area contributed by atoms with Crippen molar-refractivity contribution in [3.8, 4) is 0 Å².